The highest BCUT2D eigenvalue weighted by molar-refractivity contribution is 5.06. The Kier molecular flexibility index (Phi) is 3.55. The lowest BCUT2D eigenvalue weighted by atomic mass is 10.1. The minimum absolute atomic E-state index is 0. The maximum Gasteiger partial charge on any atom is -0.00428 e. The highest BCUT2D eigenvalue weighted by atomic mass is 14.5. The Labute approximate surface area is 57.9 Å². The van der Waals surface area contributed by atoms with Crippen molar-refractivity contribution in [3.63, 3.8) is 0 Å². The van der Waals surface area contributed by atoms with Crippen LogP contribution in [0.2, 0.25) is 0 Å². The van der Waals surface area contributed by atoms with Gasteiger partial charge in [0.15, 0.2) is 0 Å². The van der Waals surface area contributed by atoms with Crippen LogP contribution >= 0.6 is 0 Å². The van der Waals surface area contributed by atoms with Crippen molar-refractivity contribution >= 4 is 0 Å². The molecular formula is C8H17N. The second kappa shape index (κ2) is 3.67. The first-order chi connectivity index (χ1) is 3.83. The molecule has 0 saturated carbocycles. The van der Waals surface area contributed by atoms with Gasteiger partial charge in [-0.05, 0) is 32.2 Å². The predicted molar refractivity (Wildman–Crippen MR) is 42.3 cm³/mol. The highest BCUT2D eigenvalue weighted by Gasteiger charge is 2.10. The highest BCUT2D eigenvalue weighted by Crippen LogP contribution is 2.22. The van der Waals surface area contributed by atoms with Crippen LogP contribution in [0, 0.1) is 5.92 Å². The third-order valence-corrected chi connectivity index (χ3v) is 1.74. The summed E-state index contributed by atoms with van der Waals surface area (Å²) >= 11 is 0. The second-order valence-electron chi connectivity index (χ2n) is 2.59. The molecule has 9 heavy (non-hydrogen) atoms. The van der Waals surface area contributed by atoms with E-state index in [1.165, 1.54) is 18.4 Å². The SMILES string of the molecule is C.CC1=CCC(CN)C1. The number of allylic oxidation sites excluding steroid dienone is 2. The van der Waals surface area contributed by atoms with Crippen molar-refractivity contribution in [2.45, 2.75) is 27.2 Å². The van der Waals surface area contributed by atoms with Crippen LogP contribution in [0.1, 0.15) is 27.2 Å². The van der Waals surface area contributed by atoms with Crippen LogP contribution in [0.4, 0.5) is 0 Å². The molecule has 1 nitrogen and oxygen atoms in total. The van der Waals surface area contributed by atoms with E-state index in [2.05, 4.69) is 13.0 Å². The Balaban J connectivity index is 0.000000640. The fourth-order valence-electron chi connectivity index (χ4n) is 1.17. The Morgan fingerprint density at radius 3 is 2.67 bits per heavy atom. The molecule has 1 atom stereocenters. The zero-order valence-electron chi connectivity index (χ0n) is 5.35. The van der Waals surface area contributed by atoms with Gasteiger partial charge in [-0.2, -0.15) is 0 Å². The monoisotopic (exact) mass is 127 g/mol. The van der Waals surface area contributed by atoms with E-state index in [9.17, 15) is 0 Å². The van der Waals surface area contributed by atoms with Gasteiger partial charge in [-0.1, -0.05) is 19.1 Å². The van der Waals surface area contributed by atoms with E-state index >= 15 is 0 Å². The van der Waals surface area contributed by atoms with Gasteiger partial charge in [-0.25, -0.2) is 0 Å². The molecular weight excluding hydrogens is 110 g/mol. The molecule has 54 valence electrons. The number of hydrogen-bond donors (Lipinski definition) is 1. The van der Waals surface area contributed by atoms with E-state index in [1.54, 1.807) is 0 Å². The number of hydrogen-bond acceptors (Lipinski definition) is 1. The molecule has 0 fully saturated rings. The minimum Gasteiger partial charge on any atom is -0.330 e. The summed E-state index contributed by atoms with van der Waals surface area (Å²) in [5.74, 6) is 0.759. The van der Waals surface area contributed by atoms with Crippen molar-refractivity contribution in [2.75, 3.05) is 6.54 Å². The van der Waals surface area contributed by atoms with Crippen molar-refractivity contribution in [3.05, 3.63) is 11.6 Å². The lowest BCUT2D eigenvalue weighted by Crippen LogP contribution is -2.10. The van der Waals surface area contributed by atoms with Gasteiger partial charge in [0.1, 0.15) is 0 Å². The van der Waals surface area contributed by atoms with Crippen LogP contribution in [0.25, 0.3) is 0 Å². The molecule has 1 aliphatic carbocycles. The molecule has 0 aliphatic heterocycles. The van der Waals surface area contributed by atoms with Gasteiger partial charge in [-0.15, -0.1) is 0 Å². The smallest absolute Gasteiger partial charge is 0.00428 e. The average Bonchev–Trinajstić information content (AvgIpc) is 2.14. The third kappa shape index (κ3) is 2.19. The van der Waals surface area contributed by atoms with Crippen molar-refractivity contribution in [2.24, 2.45) is 11.7 Å². The molecule has 0 aromatic heterocycles. The zero-order valence-corrected chi connectivity index (χ0v) is 5.35. The average molecular weight is 127 g/mol. The molecule has 0 aromatic rings. The Morgan fingerprint density at radius 2 is 2.44 bits per heavy atom. The van der Waals surface area contributed by atoms with Crippen molar-refractivity contribution in [1.82, 2.24) is 0 Å². The largest absolute Gasteiger partial charge is 0.330 e. The standard InChI is InChI=1S/C7H13N.CH4/c1-6-2-3-7(4-6)5-8;/h2,7H,3-5,8H2,1H3;1H4. The van der Waals surface area contributed by atoms with Crippen LogP contribution in [-0.4, -0.2) is 6.54 Å². The van der Waals surface area contributed by atoms with E-state index in [4.69, 9.17) is 5.73 Å². The Hall–Kier alpha value is -0.300. The lowest BCUT2D eigenvalue weighted by Gasteiger charge is -2.02. The summed E-state index contributed by atoms with van der Waals surface area (Å²) in [5, 5.41) is 0. The van der Waals surface area contributed by atoms with Crippen LogP contribution < -0.4 is 5.73 Å². The molecule has 2 N–H and O–H groups in total. The molecule has 1 unspecified atom stereocenters. The topological polar surface area (TPSA) is 26.0 Å². The zero-order chi connectivity index (χ0) is 5.98. The van der Waals surface area contributed by atoms with Gasteiger partial charge < -0.3 is 5.73 Å². The van der Waals surface area contributed by atoms with E-state index in [0.29, 0.717) is 0 Å². The van der Waals surface area contributed by atoms with Gasteiger partial charge in [-0.3, -0.25) is 0 Å². The summed E-state index contributed by atoms with van der Waals surface area (Å²) in [4.78, 5) is 0. The Morgan fingerprint density at radius 1 is 1.78 bits per heavy atom. The number of nitrogens with two attached hydrogens (primary N) is 1. The molecule has 1 heteroatoms. The summed E-state index contributed by atoms with van der Waals surface area (Å²) < 4.78 is 0. The van der Waals surface area contributed by atoms with Crippen LogP contribution in [0.5, 0.6) is 0 Å². The van der Waals surface area contributed by atoms with Gasteiger partial charge in [0, 0.05) is 0 Å². The fourth-order valence-corrected chi connectivity index (χ4v) is 1.17. The first-order valence-corrected chi connectivity index (χ1v) is 3.18. The summed E-state index contributed by atoms with van der Waals surface area (Å²) in [7, 11) is 0. The van der Waals surface area contributed by atoms with Crippen LogP contribution in [0.15, 0.2) is 11.6 Å². The molecule has 1 aliphatic rings. The van der Waals surface area contributed by atoms with E-state index in [1.807, 2.05) is 0 Å². The molecule has 0 saturated heterocycles. The molecule has 0 spiro atoms. The van der Waals surface area contributed by atoms with E-state index in [-0.39, 0.29) is 7.43 Å². The van der Waals surface area contributed by atoms with Gasteiger partial charge in [0.2, 0.25) is 0 Å². The maximum atomic E-state index is 5.46. The Bertz CT molecular complexity index is 105. The van der Waals surface area contributed by atoms with E-state index in [0.717, 1.165) is 12.5 Å². The van der Waals surface area contributed by atoms with Crippen LogP contribution in [0.3, 0.4) is 0 Å². The van der Waals surface area contributed by atoms with Crippen LogP contribution in [-0.2, 0) is 0 Å². The normalized spacial score (nSPS) is 25.1. The van der Waals surface area contributed by atoms with Gasteiger partial charge in [0.05, 0.1) is 0 Å². The third-order valence-electron chi connectivity index (χ3n) is 1.74. The first-order valence-electron chi connectivity index (χ1n) is 3.18. The van der Waals surface area contributed by atoms with Crippen molar-refractivity contribution in [3.8, 4) is 0 Å². The molecule has 0 heterocycles. The summed E-state index contributed by atoms with van der Waals surface area (Å²) in [6.07, 6.45) is 4.73. The summed E-state index contributed by atoms with van der Waals surface area (Å²) in [6.45, 7) is 3.03. The molecule has 0 amide bonds. The predicted octanol–water partition coefficient (Wildman–Crippen LogP) is 1.94. The fraction of sp³-hybridized carbons (Fsp3) is 0.750. The summed E-state index contributed by atoms with van der Waals surface area (Å²) in [5.41, 5.74) is 6.98. The maximum absolute atomic E-state index is 5.46. The molecule has 1 rings (SSSR count). The van der Waals surface area contributed by atoms with Crippen molar-refractivity contribution < 1.29 is 0 Å². The molecule has 0 radical (unpaired) electrons. The molecule has 0 aromatic carbocycles. The minimum atomic E-state index is 0. The quantitative estimate of drug-likeness (QED) is 0.535. The van der Waals surface area contributed by atoms with Gasteiger partial charge >= 0.3 is 0 Å². The van der Waals surface area contributed by atoms with Gasteiger partial charge in [0.25, 0.3) is 0 Å². The van der Waals surface area contributed by atoms with E-state index < -0.39 is 0 Å². The lowest BCUT2D eigenvalue weighted by molar-refractivity contribution is 0.576. The number of rotatable bonds is 1. The molecule has 0 bridgehead atoms. The first kappa shape index (κ1) is 8.70. The second-order valence-corrected chi connectivity index (χ2v) is 2.59. The summed E-state index contributed by atoms with van der Waals surface area (Å²) in [6, 6.07) is 0. The van der Waals surface area contributed by atoms with Crippen molar-refractivity contribution in [1.29, 1.82) is 0 Å².